The van der Waals surface area contributed by atoms with Gasteiger partial charge in [0.15, 0.2) is 0 Å². The Hall–Kier alpha value is -1.88. The Morgan fingerprint density at radius 3 is 3.05 bits per heavy atom. The van der Waals surface area contributed by atoms with Crippen LogP contribution in [0.2, 0.25) is 0 Å². The highest BCUT2D eigenvalue weighted by molar-refractivity contribution is 5.31. The van der Waals surface area contributed by atoms with Crippen molar-refractivity contribution in [3.8, 4) is 0 Å². The second-order valence-corrected chi connectivity index (χ2v) is 4.65. The molecule has 2 heterocycles. The number of imidazole rings is 1. The van der Waals surface area contributed by atoms with Gasteiger partial charge in [-0.15, -0.1) is 0 Å². The Bertz CT molecular complexity index is 524. The van der Waals surface area contributed by atoms with Crippen molar-refractivity contribution in [2.45, 2.75) is 33.4 Å². The zero-order valence-corrected chi connectivity index (χ0v) is 12.2. The van der Waals surface area contributed by atoms with Crippen molar-refractivity contribution in [1.82, 2.24) is 14.5 Å². The molecule has 1 N–H and O–H groups in total. The van der Waals surface area contributed by atoms with E-state index in [0.29, 0.717) is 0 Å². The Morgan fingerprint density at radius 2 is 2.25 bits per heavy atom. The zero-order chi connectivity index (χ0) is 14.2. The second kappa shape index (κ2) is 7.65. The molecule has 0 aromatic carbocycles. The molecule has 108 valence electrons. The van der Waals surface area contributed by atoms with E-state index < -0.39 is 0 Å². The normalized spacial score (nSPS) is 10.7. The molecule has 0 aliphatic heterocycles. The van der Waals surface area contributed by atoms with E-state index in [2.05, 4.69) is 26.8 Å². The molecule has 2 aromatic heterocycles. The van der Waals surface area contributed by atoms with Gasteiger partial charge in [0.1, 0.15) is 0 Å². The van der Waals surface area contributed by atoms with Crippen molar-refractivity contribution in [3.63, 3.8) is 0 Å². The van der Waals surface area contributed by atoms with Gasteiger partial charge in [-0.25, -0.2) is 4.98 Å². The predicted octanol–water partition coefficient (Wildman–Crippen LogP) is 2.63. The SMILES string of the molecule is CCOCCCn1ccnc1NCc1ccncc1C. The van der Waals surface area contributed by atoms with Gasteiger partial charge >= 0.3 is 0 Å². The molecule has 0 aliphatic carbocycles. The molecule has 0 saturated heterocycles. The lowest BCUT2D eigenvalue weighted by atomic mass is 10.1. The summed E-state index contributed by atoms with van der Waals surface area (Å²) in [6.45, 7) is 7.32. The van der Waals surface area contributed by atoms with Crippen molar-refractivity contribution >= 4 is 5.95 Å². The van der Waals surface area contributed by atoms with E-state index in [1.165, 1.54) is 11.1 Å². The van der Waals surface area contributed by atoms with Gasteiger partial charge in [-0.05, 0) is 37.5 Å². The number of aromatic nitrogens is 3. The third-order valence-corrected chi connectivity index (χ3v) is 3.18. The van der Waals surface area contributed by atoms with Crippen LogP contribution in [0.1, 0.15) is 24.5 Å². The lowest BCUT2D eigenvalue weighted by molar-refractivity contribution is 0.142. The monoisotopic (exact) mass is 274 g/mol. The highest BCUT2D eigenvalue weighted by atomic mass is 16.5. The van der Waals surface area contributed by atoms with Gasteiger partial charge in [-0.3, -0.25) is 4.98 Å². The summed E-state index contributed by atoms with van der Waals surface area (Å²) < 4.78 is 7.48. The van der Waals surface area contributed by atoms with Gasteiger partial charge in [0.25, 0.3) is 0 Å². The van der Waals surface area contributed by atoms with Crippen molar-refractivity contribution in [3.05, 3.63) is 42.0 Å². The van der Waals surface area contributed by atoms with Gasteiger partial charge in [0, 0.05) is 51.1 Å². The average molecular weight is 274 g/mol. The average Bonchev–Trinajstić information content (AvgIpc) is 2.90. The van der Waals surface area contributed by atoms with Crippen molar-refractivity contribution in [2.75, 3.05) is 18.5 Å². The molecule has 0 saturated carbocycles. The topological polar surface area (TPSA) is 52.0 Å². The molecule has 0 spiro atoms. The van der Waals surface area contributed by atoms with E-state index in [1.807, 2.05) is 37.8 Å². The first kappa shape index (κ1) is 14.5. The number of aryl methyl sites for hydroxylation is 2. The van der Waals surface area contributed by atoms with Crippen LogP contribution < -0.4 is 5.32 Å². The number of anilines is 1. The number of hydrogen-bond acceptors (Lipinski definition) is 4. The van der Waals surface area contributed by atoms with Crippen molar-refractivity contribution in [2.24, 2.45) is 0 Å². The van der Waals surface area contributed by atoms with Crippen LogP contribution in [0.5, 0.6) is 0 Å². The zero-order valence-electron chi connectivity index (χ0n) is 12.2. The Labute approximate surface area is 120 Å². The number of nitrogens with one attached hydrogen (secondary N) is 1. The molecule has 0 radical (unpaired) electrons. The molecular formula is C15H22N4O. The molecule has 5 nitrogen and oxygen atoms in total. The van der Waals surface area contributed by atoms with Crippen LogP contribution in [0.15, 0.2) is 30.9 Å². The summed E-state index contributed by atoms with van der Waals surface area (Å²) >= 11 is 0. The third-order valence-electron chi connectivity index (χ3n) is 3.18. The lowest BCUT2D eigenvalue weighted by Crippen LogP contribution is -2.09. The first-order chi connectivity index (χ1) is 9.81. The number of nitrogens with zero attached hydrogens (tertiary/aromatic N) is 3. The maximum absolute atomic E-state index is 5.36. The Balaban J connectivity index is 1.87. The molecule has 5 heteroatoms. The Morgan fingerprint density at radius 1 is 1.35 bits per heavy atom. The third kappa shape index (κ3) is 4.06. The summed E-state index contributed by atoms with van der Waals surface area (Å²) in [4.78, 5) is 8.46. The quantitative estimate of drug-likeness (QED) is 0.752. The van der Waals surface area contributed by atoms with Crippen LogP contribution in [0.25, 0.3) is 0 Å². The highest BCUT2D eigenvalue weighted by Gasteiger charge is 2.03. The second-order valence-electron chi connectivity index (χ2n) is 4.65. The van der Waals surface area contributed by atoms with Crippen molar-refractivity contribution < 1.29 is 4.74 Å². The summed E-state index contributed by atoms with van der Waals surface area (Å²) in [6.07, 6.45) is 8.51. The maximum atomic E-state index is 5.36. The molecule has 0 unspecified atom stereocenters. The fourth-order valence-corrected chi connectivity index (χ4v) is 2.01. The fourth-order valence-electron chi connectivity index (χ4n) is 2.01. The summed E-state index contributed by atoms with van der Waals surface area (Å²) in [5.41, 5.74) is 2.43. The minimum Gasteiger partial charge on any atom is -0.382 e. The molecule has 0 atom stereocenters. The van der Waals surface area contributed by atoms with Gasteiger partial charge in [-0.1, -0.05) is 0 Å². The van der Waals surface area contributed by atoms with E-state index in [1.54, 1.807) is 0 Å². The van der Waals surface area contributed by atoms with E-state index >= 15 is 0 Å². The molecule has 2 aromatic rings. The first-order valence-corrected chi connectivity index (χ1v) is 7.03. The molecule has 0 amide bonds. The molecule has 0 bridgehead atoms. The largest absolute Gasteiger partial charge is 0.382 e. The standard InChI is InChI=1S/C15H22N4O/c1-3-20-10-4-8-19-9-7-17-15(19)18-12-14-5-6-16-11-13(14)2/h5-7,9,11H,3-4,8,10,12H2,1-2H3,(H,17,18). The van der Waals surface area contributed by atoms with Gasteiger partial charge in [-0.2, -0.15) is 0 Å². The van der Waals surface area contributed by atoms with Crippen LogP contribution in [0.4, 0.5) is 5.95 Å². The molecule has 0 fully saturated rings. The first-order valence-electron chi connectivity index (χ1n) is 7.03. The van der Waals surface area contributed by atoms with Gasteiger partial charge < -0.3 is 14.6 Å². The van der Waals surface area contributed by atoms with Crippen LogP contribution >= 0.6 is 0 Å². The predicted molar refractivity (Wildman–Crippen MR) is 79.6 cm³/mol. The van der Waals surface area contributed by atoms with E-state index in [-0.39, 0.29) is 0 Å². The van der Waals surface area contributed by atoms with Crippen LogP contribution in [0.3, 0.4) is 0 Å². The Kier molecular flexibility index (Phi) is 5.55. The fraction of sp³-hybridized carbons (Fsp3) is 0.467. The highest BCUT2D eigenvalue weighted by Crippen LogP contribution is 2.10. The van der Waals surface area contributed by atoms with Gasteiger partial charge in [0.05, 0.1) is 0 Å². The molecular weight excluding hydrogens is 252 g/mol. The minimum atomic E-state index is 0.761. The number of hydrogen-bond donors (Lipinski definition) is 1. The molecule has 20 heavy (non-hydrogen) atoms. The maximum Gasteiger partial charge on any atom is 0.203 e. The summed E-state index contributed by atoms with van der Waals surface area (Å²) in [5, 5.41) is 3.37. The number of rotatable bonds is 8. The lowest BCUT2D eigenvalue weighted by Gasteiger charge is -2.11. The summed E-state index contributed by atoms with van der Waals surface area (Å²) in [6, 6.07) is 2.03. The molecule has 2 rings (SSSR count). The summed E-state index contributed by atoms with van der Waals surface area (Å²) in [7, 11) is 0. The van der Waals surface area contributed by atoms with Crippen molar-refractivity contribution in [1.29, 1.82) is 0 Å². The summed E-state index contributed by atoms with van der Waals surface area (Å²) in [5.74, 6) is 0.901. The smallest absolute Gasteiger partial charge is 0.203 e. The van der Waals surface area contributed by atoms with Crippen LogP contribution in [0, 0.1) is 6.92 Å². The van der Waals surface area contributed by atoms with Gasteiger partial charge in [0.2, 0.25) is 5.95 Å². The van der Waals surface area contributed by atoms with Crippen LogP contribution in [-0.4, -0.2) is 27.7 Å². The van der Waals surface area contributed by atoms with E-state index in [4.69, 9.17) is 4.74 Å². The number of pyridine rings is 1. The van der Waals surface area contributed by atoms with E-state index in [9.17, 15) is 0 Å². The van der Waals surface area contributed by atoms with E-state index in [0.717, 1.165) is 38.7 Å². The minimum absolute atomic E-state index is 0.761. The van der Waals surface area contributed by atoms with Crippen LogP contribution in [-0.2, 0) is 17.8 Å². The number of ether oxygens (including phenoxy) is 1. The molecule has 0 aliphatic rings.